The molecule has 0 aliphatic carbocycles. The summed E-state index contributed by atoms with van der Waals surface area (Å²) in [5, 5.41) is 3.40. The van der Waals surface area contributed by atoms with Crippen molar-refractivity contribution in [1.29, 1.82) is 0 Å². The molecular weight excluding hydrogens is 254 g/mol. The molecule has 20 heavy (non-hydrogen) atoms. The molecular formula is C16H23NO3. The average molecular weight is 277 g/mol. The number of hydrogen-bond acceptors (Lipinski definition) is 4. The third kappa shape index (κ3) is 3.90. The minimum Gasteiger partial charge on any atom is -0.489 e. The maximum Gasteiger partial charge on any atom is 0.231 e. The number of hydrogen-bond donors (Lipinski definition) is 1. The fourth-order valence-corrected chi connectivity index (χ4v) is 1.85. The molecule has 1 aliphatic heterocycles. The van der Waals surface area contributed by atoms with Gasteiger partial charge in [0.1, 0.15) is 12.4 Å². The third-order valence-electron chi connectivity index (χ3n) is 2.99. The van der Waals surface area contributed by atoms with Crippen molar-refractivity contribution < 1.29 is 14.2 Å². The van der Waals surface area contributed by atoms with Gasteiger partial charge < -0.3 is 19.5 Å². The summed E-state index contributed by atoms with van der Waals surface area (Å²) >= 11 is 0. The average Bonchev–Trinajstić information content (AvgIpc) is 2.82. The summed E-state index contributed by atoms with van der Waals surface area (Å²) in [6.07, 6.45) is 2.06. The zero-order valence-corrected chi connectivity index (χ0v) is 12.7. The van der Waals surface area contributed by atoms with E-state index in [-0.39, 0.29) is 6.79 Å². The highest BCUT2D eigenvalue weighted by molar-refractivity contribution is 5.51. The summed E-state index contributed by atoms with van der Waals surface area (Å²) in [7, 11) is 0. The predicted octanol–water partition coefficient (Wildman–Crippen LogP) is 3.26. The molecule has 0 aromatic heterocycles. The molecule has 1 aliphatic rings. The van der Waals surface area contributed by atoms with Gasteiger partial charge >= 0.3 is 0 Å². The van der Waals surface area contributed by atoms with Crippen molar-refractivity contribution in [3.05, 3.63) is 29.3 Å². The summed E-state index contributed by atoms with van der Waals surface area (Å²) in [6.45, 7) is 9.96. The van der Waals surface area contributed by atoms with E-state index in [1.165, 1.54) is 5.57 Å². The Kier molecular flexibility index (Phi) is 4.90. The van der Waals surface area contributed by atoms with Crippen molar-refractivity contribution in [3.63, 3.8) is 0 Å². The summed E-state index contributed by atoms with van der Waals surface area (Å²) < 4.78 is 16.7. The van der Waals surface area contributed by atoms with E-state index in [0.29, 0.717) is 12.6 Å². The van der Waals surface area contributed by atoms with Crippen LogP contribution < -0.4 is 19.5 Å². The smallest absolute Gasteiger partial charge is 0.231 e. The molecule has 0 saturated heterocycles. The SMILES string of the molecule is CC(C)=CCOc1cc2c(cc1CNC(C)C)OCO2. The highest BCUT2D eigenvalue weighted by Crippen LogP contribution is 2.38. The largest absolute Gasteiger partial charge is 0.489 e. The van der Waals surface area contributed by atoms with Crippen LogP contribution in [0.25, 0.3) is 0 Å². The molecule has 0 saturated carbocycles. The molecule has 1 N–H and O–H groups in total. The van der Waals surface area contributed by atoms with E-state index < -0.39 is 0 Å². The maximum atomic E-state index is 5.85. The van der Waals surface area contributed by atoms with Crippen LogP contribution in [0.15, 0.2) is 23.8 Å². The van der Waals surface area contributed by atoms with Crippen molar-refractivity contribution in [2.45, 2.75) is 40.3 Å². The number of rotatable bonds is 6. The van der Waals surface area contributed by atoms with Gasteiger partial charge in [0, 0.05) is 24.2 Å². The van der Waals surface area contributed by atoms with Crippen molar-refractivity contribution in [2.75, 3.05) is 13.4 Å². The van der Waals surface area contributed by atoms with Crippen LogP contribution in [-0.2, 0) is 6.54 Å². The number of nitrogens with one attached hydrogen (secondary N) is 1. The number of ether oxygens (including phenoxy) is 3. The second kappa shape index (κ2) is 6.66. The van der Waals surface area contributed by atoms with Gasteiger partial charge in [-0.05, 0) is 26.0 Å². The van der Waals surface area contributed by atoms with Crippen molar-refractivity contribution in [2.24, 2.45) is 0 Å². The Bertz CT molecular complexity index is 491. The normalized spacial score (nSPS) is 12.7. The van der Waals surface area contributed by atoms with Gasteiger partial charge in [-0.2, -0.15) is 0 Å². The minimum atomic E-state index is 0.282. The molecule has 1 aromatic carbocycles. The van der Waals surface area contributed by atoms with E-state index in [2.05, 4.69) is 39.1 Å². The molecule has 1 heterocycles. The van der Waals surface area contributed by atoms with Gasteiger partial charge in [-0.25, -0.2) is 0 Å². The molecule has 4 nitrogen and oxygen atoms in total. The summed E-state index contributed by atoms with van der Waals surface area (Å²) in [6, 6.07) is 4.33. The van der Waals surface area contributed by atoms with Crippen molar-refractivity contribution in [3.8, 4) is 17.2 Å². The van der Waals surface area contributed by atoms with Crippen LogP contribution >= 0.6 is 0 Å². The first-order chi connectivity index (χ1) is 9.56. The number of allylic oxidation sites excluding steroid dienone is 1. The fraction of sp³-hybridized carbons (Fsp3) is 0.500. The number of benzene rings is 1. The van der Waals surface area contributed by atoms with Crippen LogP contribution in [0.2, 0.25) is 0 Å². The quantitative estimate of drug-likeness (QED) is 0.810. The lowest BCUT2D eigenvalue weighted by Gasteiger charge is -2.14. The van der Waals surface area contributed by atoms with Crippen LogP contribution in [0.5, 0.6) is 17.2 Å². The Hall–Kier alpha value is -1.68. The van der Waals surface area contributed by atoms with E-state index in [9.17, 15) is 0 Å². The zero-order valence-electron chi connectivity index (χ0n) is 12.7. The summed E-state index contributed by atoms with van der Waals surface area (Å²) in [5.74, 6) is 2.39. The van der Waals surface area contributed by atoms with Crippen LogP contribution in [0.1, 0.15) is 33.3 Å². The van der Waals surface area contributed by atoms with Gasteiger partial charge in [0.25, 0.3) is 0 Å². The second-order valence-electron chi connectivity index (χ2n) is 5.44. The molecule has 0 bridgehead atoms. The first-order valence-corrected chi connectivity index (χ1v) is 6.98. The zero-order chi connectivity index (χ0) is 14.5. The molecule has 0 unspecified atom stereocenters. The molecule has 4 heteroatoms. The monoisotopic (exact) mass is 277 g/mol. The minimum absolute atomic E-state index is 0.282. The molecule has 0 radical (unpaired) electrons. The molecule has 0 fully saturated rings. The lowest BCUT2D eigenvalue weighted by atomic mass is 10.1. The lowest BCUT2D eigenvalue weighted by molar-refractivity contribution is 0.174. The predicted molar refractivity (Wildman–Crippen MR) is 79.5 cm³/mol. The standard InChI is InChI=1S/C16H23NO3/c1-11(2)5-6-18-14-8-16-15(19-10-20-16)7-13(14)9-17-12(3)4/h5,7-8,12,17H,6,9-10H2,1-4H3. The van der Waals surface area contributed by atoms with E-state index in [1.54, 1.807) is 0 Å². The number of fused-ring (bicyclic) bond motifs is 1. The lowest BCUT2D eigenvalue weighted by Crippen LogP contribution is -2.22. The van der Waals surface area contributed by atoms with Crippen molar-refractivity contribution in [1.82, 2.24) is 5.32 Å². The van der Waals surface area contributed by atoms with Crippen LogP contribution in [0.4, 0.5) is 0 Å². The highest BCUT2D eigenvalue weighted by Gasteiger charge is 2.18. The maximum absolute atomic E-state index is 5.85. The molecule has 0 atom stereocenters. The Balaban J connectivity index is 2.15. The van der Waals surface area contributed by atoms with Gasteiger partial charge in [0.05, 0.1) is 0 Å². The Morgan fingerprint density at radius 1 is 1.30 bits per heavy atom. The van der Waals surface area contributed by atoms with Gasteiger partial charge in [-0.15, -0.1) is 0 Å². The van der Waals surface area contributed by atoms with E-state index in [4.69, 9.17) is 14.2 Å². The van der Waals surface area contributed by atoms with Gasteiger partial charge in [-0.3, -0.25) is 0 Å². The highest BCUT2D eigenvalue weighted by atomic mass is 16.7. The van der Waals surface area contributed by atoms with E-state index in [0.717, 1.165) is 29.4 Å². The second-order valence-corrected chi connectivity index (χ2v) is 5.44. The van der Waals surface area contributed by atoms with E-state index >= 15 is 0 Å². The fourth-order valence-electron chi connectivity index (χ4n) is 1.85. The first kappa shape index (κ1) is 14.7. The van der Waals surface area contributed by atoms with Gasteiger partial charge in [0.2, 0.25) is 6.79 Å². The van der Waals surface area contributed by atoms with Gasteiger partial charge in [0.15, 0.2) is 11.5 Å². The first-order valence-electron chi connectivity index (χ1n) is 6.98. The third-order valence-corrected chi connectivity index (χ3v) is 2.99. The van der Waals surface area contributed by atoms with E-state index in [1.807, 2.05) is 12.1 Å². The van der Waals surface area contributed by atoms with Crippen LogP contribution in [0.3, 0.4) is 0 Å². The molecule has 1 aromatic rings. The summed E-state index contributed by atoms with van der Waals surface area (Å²) in [4.78, 5) is 0. The molecule has 110 valence electrons. The molecule has 0 amide bonds. The van der Waals surface area contributed by atoms with Gasteiger partial charge in [-0.1, -0.05) is 19.4 Å². The van der Waals surface area contributed by atoms with Crippen molar-refractivity contribution >= 4 is 0 Å². The topological polar surface area (TPSA) is 39.7 Å². The Labute approximate surface area is 120 Å². The Morgan fingerprint density at radius 3 is 2.65 bits per heavy atom. The molecule has 2 rings (SSSR count). The van der Waals surface area contributed by atoms with Crippen LogP contribution in [-0.4, -0.2) is 19.4 Å². The molecule has 0 spiro atoms. The summed E-state index contributed by atoms with van der Waals surface area (Å²) in [5.41, 5.74) is 2.33. The Morgan fingerprint density at radius 2 is 2.00 bits per heavy atom. The van der Waals surface area contributed by atoms with Crippen LogP contribution in [0, 0.1) is 0 Å².